The Kier molecular flexibility index (Phi) is 4.19. The van der Waals surface area contributed by atoms with E-state index in [0.717, 1.165) is 12.8 Å². The Balaban J connectivity index is 2.33. The van der Waals surface area contributed by atoms with Gasteiger partial charge in [-0.05, 0) is 25.0 Å². The van der Waals surface area contributed by atoms with Crippen molar-refractivity contribution in [1.29, 1.82) is 0 Å². The van der Waals surface area contributed by atoms with E-state index >= 15 is 0 Å². The maximum atomic E-state index is 11.2. The zero-order valence-corrected chi connectivity index (χ0v) is 11.1. The number of rotatable bonds is 7. The van der Waals surface area contributed by atoms with Crippen LogP contribution < -0.4 is 4.90 Å². The standard InChI is InChI=1S/C13H16N2O5/c1-20-7-6-14(9-2-3-9)10-4-5-12(15(18)19)11(8-10)13(16)17/h4-5,8-9H,2-3,6-7H2,1H3,(H,16,17). The zero-order chi connectivity index (χ0) is 14.7. The van der Waals surface area contributed by atoms with Crippen LogP contribution in [-0.4, -0.2) is 42.3 Å². The van der Waals surface area contributed by atoms with Gasteiger partial charge in [-0.15, -0.1) is 0 Å². The lowest BCUT2D eigenvalue weighted by atomic mass is 10.1. The second-order valence-electron chi connectivity index (χ2n) is 4.68. The molecule has 0 unspecified atom stereocenters. The summed E-state index contributed by atoms with van der Waals surface area (Å²) in [5.41, 5.74) is 0.0202. The molecule has 1 N–H and O–H groups in total. The van der Waals surface area contributed by atoms with Gasteiger partial charge in [0.1, 0.15) is 5.56 Å². The third kappa shape index (κ3) is 3.05. The molecule has 0 radical (unpaired) electrons. The van der Waals surface area contributed by atoms with E-state index in [2.05, 4.69) is 0 Å². The van der Waals surface area contributed by atoms with Gasteiger partial charge in [0.05, 0.1) is 11.5 Å². The lowest BCUT2D eigenvalue weighted by Gasteiger charge is -2.24. The Bertz CT molecular complexity index is 527. The van der Waals surface area contributed by atoms with Gasteiger partial charge in [0.25, 0.3) is 5.69 Å². The van der Waals surface area contributed by atoms with Crippen LogP contribution in [0.4, 0.5) is 11.4 Å². The molecule has 1 aliphatic rings. The largest absolute Gasteiger partial charge is 0.477 e. The quantitative estimate of drug-likeness (QED) is 0.605. The fraction of sp³-hybridized carbons (Fsp3) is 0.462. The molecule has 1 aromatic rings. The van der Waals surface area contributed by atoms with E-state index in [-0.39, 0.29) is 11.3 Å². The summed E-state index contributed by atoms with van der Waals surface area (Å²) >= 11 is 0. The molecule has 0 atom stereocenters. The predicted molar refractivity (Wildman–Crippen MR) is 72.3 cm³/mol. The molecule has 1 saturated carbocycles. The third-order valence-electron chi connectivity index (χ3n) is 3.26. The molecule has 0 aliphatic heterocycles. The molecular weight excluding hydrogens is 264 g/mol. The number of carbonyl (C=O) groups is 1. The molecule has 0 aromatic heterocycles. The van der Waals surface area contributed by atoms with Crippen LogP contribution in [0.5, 0.6) is 0 Å². The summed E-state index contributed by atoms with van der Waals surface area (Å²) < 4.78 is 5.05. The molecule has 20 heavy (non-hydrogen) atoms. The first-order valence-electron chi connectivity index (χ1n) is 6.32. The van der Waals surface area contributed by atoms with E-state index in [1.807, 2.05) is 4.90 Å². The molecule has 108 valence electrons. The SMILES string of the molecule is COCCN(c1ccc([N+](=O)[O-])c(C(=O)O)c1)C1CC1. The number of methoxy groups -OCH3 is 1. The number of nitro benzene ring substituents is 1. The number of anilines is 1. The van der Waals surface area contributed by atoms with Crippen molar-refractivity contribution in [2.24, 2.45) is 0 Å². The highest BCUT2D eigenvalue weighted by atomic mass is 16.6. The fourth-order valence-corrected chi connectivity index (χ4v) is 2.13. The molecule has 0 saturated heterocycles. The molecule has 2 rings (SSSR count). The minimum absolute atomic E-state index is 0.282. The molecule has 0 amide bonds. The van der Waals surface area contributed by atoms with E-state index in [1.54, 1.807) is 13.2 Å². The van der Waals surface area contributed by atoms with Crippen LogP contribution in [0, 0.1) is 10.1 Å². The number of carboxylic acid groups (broad SMARTS) is 1. The fourth-order valence-electron chi connectivity index (χ4n) is 2.13. The monoisotopic (exact) mass is 280 g/mol. The Hall–Kier alpha value is -2.15. The van der Waals surface area contributed by atoms with E-state index in [0.29, 0.717) is 24.9 Å². The Morgan fingerprint density at radius 1 is 1.55 bits per heavy atom. The van der Waals surface area contributed by atoms with Gasteiger partial charge in [-0.2, -0.15) is 0 Å². The summed E-state index contributed by atoms with van der Waals surface area (Å²) in [6.07, 6.45) is 2.09. The highest BCUT2D eigenvalue weighted by Gasteiger charge is 2.30. The van der Waals surface area contributed by atoms with Gasteiger partial charge >= 0.3 is 5.97 Å². The van der Waals surface area contributed by atoms with E-state index in [1.165, 1.54) is 12.1 Å². The van der Waals surface area contributed by atoms with Crippen LogP contribution in [0.3, 0.4) is 0 Å². The molecule has 7 heteroatoms. The van der Waals surface area contributed by atoms with Crippen molar-refractivity contribution in [3.8, 4) is 0 Å². The number of hydrogen-bond acceptors (Lipinski definition) is 5. The number of ether oxygens (including phenoxy) is 1. The van der Waals surface area contributed by atoms with E-state index < -0.39 is 10.9 Å². The molecule has 0 spiro atoms. The second kappa shape index (κ2) is 5.87. The van der Waals surface area contributed by atoms with Gasteiger partial charge < -0.3 is 14.7 Å². The number of nitro groups is 1. The highest BCUT2D eigenvalue weighted by Crippen LogP contribution is 2.33. The van der Waals surface area contributed by atoms with Crippen molar-refractivity contribution >= 4 is 17.3 Å². The van der Waals surface area contributed by atoms with Gasteiger partial charge in [0.2, 0.25) is 0 Å². The average molecular weight is 280 g/mol. The highest BCUT2D eigenvalue weighted by molar-refractivity contribution is 5.93. The second-order valence-corrected chi connectivity index (χ2v) is 4.68. The average Bonchev–Trinajstić information content (AvgIpc) is 3.23. The summed E-state index contributed by atoms with van der Waals surface area (Å²) in [4.78, 5) is 23.4. The minimum atomic E-state index is -1.29. The molecule has 7 nitrogen and oxygen atoms in total. The minimum Gasteiger partial charge on any atom is -0.477 e. The smallest absolute Gasteiger partial charge is 0.342 e. The Morgan fingerprint density at radius 3 is 2.75 bits per heavy atom. The van der Waals surface area contributed by atoms with Crippen LogP contribution >= 0.6 is 0 Å². The number of aromatic carboxylic acids is 1. The number of hydrogen-bond donors (Lipinski definition) is 1. The van der Waals surface area contributed by atoms with Gasteiger partial charge in [0.15, 0.2) is 0 Å². The predicted octanol–water partition coefficient (Wildman–Crippen LogP) is 1.91. The van der Waals surface area contributed by atoms with Crippen molar-refractivity contribution in [2.75, 3.05) is 25.2 Å². The van der Waals surface area contributed by atoms with Crippen LogP contribution in [0.25, 0.3) is 0 Å². The first-order chi connectivity index (χ1) is 9.54. The number of nitrogens with zero attached hydrogens (tertiary/aromatic N) is 2. The number of carboxylic acids is 1. The molecule has 1 aromatic carbocycles. The number of benzene rings is 1. The van der Waals surface area contributed by atoms with Gasteiger partial charge in [-0.1, -0.05) is 0 Å². The van der Waals surface area contributed by atoms with Crippen LogP contribution in [-0.2, 0) is 4.74 Å². The summed E-state index contributed by atoms with van der Waals surface area (Å²) in [5, 5.41) is 19.9. The summed E-state index contributed by atoms with van der Waals surface area (Å²) in [6, 6.07) is 4.58. The van der Waals surface area contributed by atoms with Crippen molar-refractivity contribution in [3.63, 3.8) is 0 Å². The Morgan fingerprint density at radius 2 is 2.25 bits per heavy atom. The molecule has 1 fully saturated rings. The van der Waals surface area contributed by atoms with Crippen molar-refractivity contribution in [3.05, 3.63) is 33.9 Å². The maximum absolute atomic E-state index is 11.2. The van der Waals surface area contributed by atoms with Crippen molar-refractivity contribution in [1.82, 2.24) is 0 Å². The molecule has 1 aliphatic carbocycles. The van der Waals surface area contributed by atoms with Crippen LogP contribution in [0.1, 0.15) is 23.2 Å². The van der Waals surface area contributed by atoms with Gasteiger partial charge in [-0.3, -0.25) is 10.1 Å². The third-order valence-corrected chi connectivity index (χ3v) is 3.26. The Labute approximate surface area is 115 Å². The first-order valence-corrected chi connectivity index (χ1v) is 6.32. The summed E-state index contributed by atoms with van der Waals surface area (Å²) in [7, 11) is 1.60. The van der Waals surface area contributed by atoms with Gasteiger partial charge in [0, 0.05) is 31.5 Å². The van der Waals surface area contributed by atoms with Crippen LogP contribution in [0.2, 0.25) is 0 Å². The summed E-state index contributed by atoms with van der Waals surface area (Å²) in [6.45, 7) is 1.16. The molecule has 0 bridgehead atoms. The molecular formula is C13H16N2O5. The van der Waals surface area contributed by atoms with Crippen molar-refractivity contribution < 1.29 is 19.6 Å². The van der Waals surface area contributed by atoms with E-state index in [9.17, 15) is 14.9 Å². The lowest BCUT2D eigenvalue weighted by Crippen LogP contribution is -2.29. The lowest BCUT2D eigenvalue weighted by molar-refractivity contribution is -0.385. The van der Waals surface area contributed by atoms with Gasteiger partial charge in [-0.25, -0.2) is 4.79 Å². The maximum Gasteiger partial charge on any atom is 0.342 e. The molecule has 0 heterocycles. The summed E-state index contributed by atoms with van der Waals surface area (Å²) in [5.74, 6) is -1.29. The van der Waals surface area contributed by atoms with E-state index in [4.69, 9.17) is 9.84 Å². The normalized spacial score (nSPS) is 14.1. The topological polar surface area (TPSA) is 92.9 Å². The van der Waals surface area contributed by atoms with Crippen LogP contribution in [0.15, 0.2) is 18.2 Å². The zero-order valence-electron chi connectivity index (χ0n) is 11.1. The first kappa shape index (κ1) is 14.3. The van der Waals surface area contributed by atoms with Crippen molar-refractivity contribution in [2.45, 2.75) is 18.9 Å².